The van der Waals surface area contributed by atoms with Gasteiger partial charge in [-0.3, -0.25) is 4.79 Å². The number of rotatable bonds is 7. The molecule has 1 aliphatic carbocycles. The highest BCUT2D eigenvalue weighted by atomic mass is 32.2. The number of carbonyl (C=O) groups is 1. The van der Waals surface area contributed by atoms with Crippen LogP contribution in [-0.2, 0) is 14.8 Å². The monoisotopic (exact) mass is 408 g/mol. The summed E-state index contributed by atoms with van der Waals surface area (Å²) in [7, 11) is -3.53. The largest absolute Gasteiger partial charge is 0.494 e. The average Bonchev–Trinajstić information content (AvgIpc) is 2.73. The second-order valence-electron chi connectivity index (χ2n) is 7.73. The molecule has 1 amide bonds. The molecule has 0 radical (unpaired) electrons. The lowest BCUT2D eigenvalue weighted by Crippen LogP contribution is -2.50. The van der Waals surface area contributed by atoms with Crippen LogP contribution >= 0.6 is 0 Å². The second kappa shape index (κ2) is 9.74. The Bertz CT molecular complexity index is 734. The molecule has 6 nitrogen and oxygen atoms in total. The van der Waals surface area contributed by atoms with E-state index in [4.69, 9.17) is 4.74 Å². The topological polar surface area (TPSA) is 66.9 Å². The van der Waals surface area contributed by atoms with Crippen molar-refractivity contribution in [2.45, 2.75) is 56.8 Å². The minimum absolute atomic E-state index is 0.170. The minimum atomic E-state index is -3.53. The summed E-state index contributed by atoms with van der Waals surface area (Å²) in [6.07, 6.45) is 7.99. The molecule has 0 spiro atoms. The van der Waals surface area contributed by atoms with E-state index in [0.29, 0.717) is 50.9 Å². The average molecular weight is 409 g/mol. The van der Waals surface area contributed by atoms with Gasteiger partial charge in [-0.1, -0.05) is 32.1 Å². The van der Waals surface area contributed by atoms with Gasteiger partial charge in [0, 0.05) is 32.6 Å². The first kappa shape index (κ1) is 21.1. The molecule has 7 heteroatoms. The molecule has 1 heterocycles. The molecule has 1 saturated carbocycles. The van der Waals surface area contributed by atoms with Crippen LogP contribution in [0, 0.1) is 5.92 Å². The molecule has 2 fully saturated rings. The van der Waals surface area contributed by atoms with E-state index in [0.717, 1.165) is 6.42 Å². The summed E-state index contributed by atoms with van der Waals surface area (Å²) in [6.45, 7) is 4.08. The standard InChI is InChI=1S/C21H32N2O4S/c1-2-27-19-9-11-20(12-10-19)28(25,26)23-16-14-22(15-17-23)21(24)13-8-18-6-4-3-5-7-18/h9-12,18H,2-8,13-17H2,1H3. The highest BCUT2D eigenvalue weighted by Crippen LogP contribution is 2.28. The molecule has 28 heavy (non-hydrogen) atoms. The molecule has 156 valence electrons. The van der Waals surface area contributed by atoms with E-state index in [1.807, 2.05) is 11.8 Å². The Balaban J connectivity index is 1.50. The van der Waals surface area contributed by atoms with Gasteiger partial charge in [-0.2, -0.15) is 4.31 Å². The van der Waals surface area contributed by atoms with Crippen LogP contribution < -0.4 is 4.74 Å². The van der Waals surface area contributed by atoms with E-state index in [1.54, 1.807) is 24.3 Å². The number of hydrogen-bond acceptors (Lipinski definition) is 4. The number of sulfonamides is 1. The van der Waals surface area contributed by atoms with Crippen molar-refractivity contribution in [3.63, 3.8) is 0 Å². The van der Waals surface area contributed by atoms with E-state index in [9.17, 15) is 13.2 Å². The molecule has 0 N–H and O–H groups in total. The molecule has 3 rings (SSSR count). The van der Waals surface area contributed by atoms with Crippen LogP contribution in [0.4, 0.5) is 0 Å². The van der Waals surface area contributed by atoms with Gasteiger partial charge in [-0.25, -0.2) is 8.42 Å². The van der Waals surface area contributed by atoms with Crippen molar-refractivity contribution in [3.05, 3.63) is 24.3 Å². The second-order valence-corrected chi connectivity index (χ2v) is 9.67. The molecule has 1 saturated heterocycles. The van der Waals surface area contributed by atoms with Crippen LogP contribution in [0.5, 0.6) is 5.75 Å². The zero-order valence-electron chi connectivity index (χ0n) is 16.8. The fourth-order valence-corrected chi connectivity index (χ4v) is 5.59. The van der Waals surface area contributed by atoms with Gasteiger partial charge in [0.15, 0.2) is 0 Å². The van der Waals surface area contributed by atoms with Crippen molar-refractivity contribution < 1.29 is 17.9 Å². The van der Waals surface area contributed by atoms with Crippen LogP contribution in [0.15, 0.2) is 29.2 Å². The van der Waals surface area contributed by atoms with Crippen LogP contribution in [0.2, 0.25) is 0 Å². The first-order valence-electron chi connectivity index (χ1n) is 10.5. The molecule has 0 unspecified atom stereocenters. The Labute approximate surface area is 168 Å². The summed E-state index contributed by atoms with van der Waals surface area (Å²) in [5.74, 6) is 1.53. The van der Waals surface area contributed by atoms with Gasteiger partial charge in [-0.05, 0) is 43.5 Å². The lowest BCUT2D eigenvalue weighted by Gasteiger charge is -2.34. The van der Waals surface area contributed by atoms with Crippen molar-refractivity contribution in [1.29, 1.82) is 0 Å². The highest BCUT2D eigenvalue weighted by molar-refractivity contribution is 7.89. The summed E-state index contributed by atoms with van der Waals surface area (Å²) >= 11 is 0. The Morgan fingerprint density at radius 1 is 1.04 bits per heavy atom. The normalized spacial score (nSPS) is 19.5. The SMILES string of the molecule is CCOc1ccc(S(=O)(=O)N2CCN(C(=O)CCC3CCCCC3)CC2)cc1. The van der Waals surface area contributed by atoms with Crippen molar-refractivity contribution in [1.82, 2.24) is 9.21 Å². The number of amides is 1. The number of nitrogens with zero attached hydrogens (tertiary/aromatic N) is 2. The fraction of sp³-hybridized carbons (Fsp3) is 0.667. The van der Waals surface area contributed by atoms with Crippen molar-refractivity contribution in [2.75, 3.05) is 32.8 Å². The van der Waals surface area contributed by atoms with Crippen LogP contribution in [-0.4, -0.2) is 56.3 Å². The van der Waals surface area contributed by atoms with E-state index in [1.165, 1.54) is 36.4 Å². The van der Waals surface area contributed by atoms with Gasteiger partial charge in [0.2, 0.25) is 15.9 Å². The van der Waals surface area contributed by atoms with Gasteiger partial charge in [0.25, 0.3) is 0 Å². The lowest BCUT2D eigenvalue weighted by molar-refractivity contribution is -0.132. The third-order valence-electron chi connectivity index (χ3n) is 5.86. The van der Waals surface area contributed by atoms with Crippen molar-refractivity contribution in [2.24, 2.45) is 5.92 Å². The van der Waals surface area contributed by atoms with Crippen molar-refractivity contribution >= 4 is 15.9 Å². The summed E-state index contributed by atoms with van der Waals surface area (Å²) in [5.41, 5.74) is 0. The fourth-order valence-electron chi connectivity index (χ4n) is 4.16. The molecule has 0 aromatic heterocycles. The van der Waals surface area contributed by atoms with E-state index in [2.05, 4.69) is 0 Å². The molecule has 1 aromatic carbocycles. The Morgan fingerprint density at radius 3 is 2.29 bits per heavy atom. The van der Waals surface area contributed by atoms with E-state index >= 15 is 0 Å². The first-order valence-corrected chi connectivity index (χ1v) is 12.0. The molecule has 1 aliphatic heterocycles. The molecule has 2 aliphatic rings. The Hall–Kier alpha value is -1.60. The zero-order chi connectivity index (χ0) is 20.0. The molecule has 0 atom stereocenters. The zero-order valence-corrected chi connectivity index (χ0v) is 17.6. The molecular weight excluding hydrogens is 376 g/mol. The highest BCUT2D eigenvalue weighted by Gasteiger charge is 2.30. The van der Waals surface area contributed by atoms with Crippen molar-refractivity contribution in [3.8, 4) is 5.75 Å². The maximum absolute atomic E-state index is 12.8. The van der Waals surface area contributed by atoms with E-state index < -0.39 is 10.0 Å². The first-order chi connectivity index (χ1) is 13.5. The smallest absolute Gasteiger partial charge is 0.243 e. The third-order valence-corrected chi connectivity index (χ3v) is 7.77. The van der Waals surface area contributed by atoms with Gasteiger partial charge in [0.1, 0.15) is 5.75 Å². The summed E-state index contributed by atoms with van der Waals surface area (Å²) in [6, 6.07) is 6.53. The summed E-state index contributed by atoms with van der Waals surface area (Å²) in [4.78, 5) is 14.6. The van der Waals surface area contributed by atoms with E-state index in [-0.39, 0.29) is 10.8 Å². The van der Waals surface area contributed by atoms with Gasteiger partial charge >= 0.3 is 0 Å². The predicted octanol–water partition coefficient (Wildman–Crippen LogP) is 3.28. The van der Waals surface area contributed by atoms with Crippen LogP contribution in [0.3, 0.4) is 0 Å². The maximum atomic E-state index is 12.8. The Kier molecular flexibility index (Phi) is 7.35. The number of hydrogen-bond donors (Lipinski definition) is 0. The summed E-state index contributed by atoms with van der Waals surface area (Å²) in [5, 5.41) is 0. The summed E-state index contributed by atoms with van der Waals surface area (Å²) < 4.78 is 32.5. The number of ether oxygens (including phenoxy) is 1. The van der Waals surface area contributed by atoms with Gasteiger partial charge in [0.05, 0.1) is 11.5 Å². The van der Waals surface area contributed by atoms with Gasteiger partial charge in [-0.15, -0.1) is 0 Å². The maximum Gasteiger partial charge on any atom is 0.243 e. The predicted molar refractivity (Wildman–Crippen MR) is 109 cm³/mol. The number of piperazine rings is 1. The van der Waals surface area contributed by atoms with Crippen LogP contribution in [0.1, 0.15) is 51.9 Å². The lowest BCUT2D eigenvalue weighted by atomic mass is 9.86. The molecule has 1 aromatic rings. The molecular formula is C21H32N2O4S. The number of benzene rings is 1. The quantitative estimate of drug-likeness (QED) is 0.694. The van der Waals surface area contributed by atoms with Crippen LogP contribution in [0.25, 0.3) is 0 Å². The minimum Gasteiger partial charge on any atom is -0.494 e. The third kappa shape index (κ3) is 5.26. The number of carbonyl (C=O) groups excluding carboxylic acids is 1. The van der Waals surface area contributed by atoms with Gasteiger partial charge < -0.3 is 9.64 Å². The Morgan fingerprint density at radius 2 is 1.68 bits per heavy atom. The molecule has 0 bridgehead atoms.